The zero-order chi connectivity index (χ0) is 26.0. The Balaban J connectivity index is 1.88. The summed E-state index contributed by atoms with van der Waals surface area (Å²) >= 11 is 0. The molecule has 1 heterocycles. The molecule has 0 aromatic heterocycles. The molecular weight excluding hydrogens is 458 g/mol. The van der Waals surface area contributed by atoms with E-state index in [0.717, 1.165) is 5.69 Å². The van der Waals surface area contributed by atoms with Gasteiger partial charge in [0.25, 0.3) is 11.7 Å². The van der Waals surface area contributed by atoms with E-state index in [1.807, 2.05) is 43.3 Å². The number of anilines is 3. The Hall–Kier alpha value is -4.59. The average molecular weight is 486 g/mol. The molecule has 0 spiro atoms. The number of ketones is 1. The van der Waals surface area contributed by atoms with E-state index in [1.165, 1.54) is 18.9 Å². The predicted octanol–water partition coefficient (Wildman–Crippen LogP) is 4.35. The number of benzene rings is 3. The summed E-state index contributed by atoms with van der Waals surface area (Å²) < 4.78 is 5.26. The summed E-state index contributed by atoms with van der Waals surface area (Å²) in [4.78, 5) is 41.4. The number of methoxy groups -OCH3 is 1. The lowest BCUT2D eigenvalue weighted by Crippen LogP contribution is -2.29. The van der Waals surface area contributed by atoms with Gasteiger partial charge in [-0.05, 0) is 54.1 Å². The molecular formula is C28H27N3O5. The van der Waals surface area contributed by atoms with Crippen molar-refractivity contribution in [3.8, 4) is 5.75 Å². The number of ether oxygens (including phenoxy) is 1. The third-order valence-corrected chi connectivity index (χ3v) is 5.98. The highest BCUT2D eigenvalue weighted by molar-refractivity contribution is 6.51. The van der Waals surface area contributed by atoms with Gasteiger partial charge >= 0.3 is 0 Å². The first kappa shape index (κ1) is 24.5. The topological polar surface area (TPSA) is 99.2 Å². The first-order valence-electron chi connectivity index (χ1n) is 11.3. The molecule has 0 saturated carbocycles. The van der Waals surface area contributed by atoms with Gasteiger partial charge in [-0.15, -0.1) is 0 Å². The summed E-state index contributed by atoms with van der Waals surface area (Å²) in [6, 6.07) is 19.9. The second-order valence-electron chi connectivity index (χ2n) is 8.62. The summed E-state index contributed by atoms with van der Waals surface area (Å²) in [6.45, 7) is 1.41. The Morgan fingerprint density at radius 2 is 1.67 bits per heavy atom. The van der Waals surface area contributed by atoms with Gasteiger partial charge in [0.05, 0.1) is 18.7 Å². The fourth-order valence-electron chi connectivity index (χ4n) is 4.20. The smallest absolute Gasteiger partial charge is 0.300 e. The molecule has 1 aliphatic heterocycles. The Bertz CT molecular complexity index is 1340. The fourth-order valence-corrected chi connectivity index (χ4v) is 4.20. The maximum absolute atomic E-state index is 13.3. The molecule has 1 unspecified atom stereocenters. The molecule has 184 valence electrons. The third kappa shape index (κ3) is 4.65. The number of rotatable bonds is 6. The van der Waals surface area contributed by atoms with Gasteiger partial charge in [0.15, 0.2) is 0 Å². The number of aliphatic hydroxyl groups excluding tert-OH is 1. The van der Waals surface area contributed by atoms with Crippen molar-refractivity contribution in [2.24, 2.45) is 0 Å². The van der Waals surface area contributed by atoms with E-state index in [2.05, 4.69) is 5.32 Å². The van der Waals surface area contributed by atoms with Gasteiger partial charge in [-0.25, -0.2) is 0 Å². The first-order chi connectivity index (χ1) is 17.2. The molecule has 1 aliphatic rings. The van der Waals surface area contributed by atoms with Crippen LogP contribution >= 0.6 is 0 Å². The summed E-state index contributed by atoms with van der Waals surface area (Å²) in [5.74, 6) is -1.54. The Morgan fingerprint density at radius 1 is 1.00 bits per heavy atom. The maximum Gasteiger partial charge on any atom is 0.300 e. The molecule has 1 saturated heterocycles. The van der Waals surface area contributed by atoms with Crippen molar-refractivity contribution in [2.75, 3.05) is 36.3 Å². The lowest BCUT2D eigenvalue weighted by molar-refractivity contribution is -0.132. The molecule has 1 atom stereocenters. The summed E-state index contributed by atoms with van der Waals surface area (Å²) in [6.07, 6.45) is 0. The predicted molar refractivity (Wildman–Crippen MR) is 139 cm³/mol. The van der Waals surface area contributed by atoms with Gasteiger partial charge in [-0.1, -0.05) is 24.3 Å². The van der Waals surface area contributed by atoms with Gasteiger partial charge in [0.2, 0.25) is 5.91 Å². The normalized spacial score (nSPS) is 16.7. The Labute approximate surface area is 209 Å². The van der Waals surface area contributed by atoms with Gasteiger partial charge in [-0.2, -0.15) is 0 Å². The van der Waals surface area contributed by atoms with Crippen molar-refractivity contribution >= 4 is 40.4 Å². The number of hydrogen-bond acceptors (Lipinski definition) is 6. The first-order valence-corrected chi connectivity index (χ1v) is 11.3. The van der Waals surface area contributed by atoms with Crippen LogP contribution in [-0.4, -0.2) is 43.9 Å². The van der Waals surface area contributed by atoms with Crippen LogP contribution in [0.5, 0.6) is 5.75 Å². The number of amides is 2. The molecule has 0 aliphatic carbocycles. The van der Waals surface area contributed by atoms with Crippen LogP contribution in [0.25, 0.3) is 5.76 Å². The third-order valence-electron chi connectivity index (χ3n) is 5.98. The molecule has 36 heavy (non-hydrogen) atoms. The van der Waals surface area contributed by atoms with Crippen LogP contribution < -0.4 is 19.9 Å². The molecule has 2 amide bonds. The molecule has 8 heteroatoms. The molecule has 8 nitrogen and oxygen atoms in total. The molecule has 3 aromatic rings. The average Bonchev–Trinajstić information content (AvgIpc) is 3.14. The summed E-state index contributed by atoms with van der Waals surface area (Å²) in [7, 11) is 5.34. The van der Waals surface area contributed by atoms with E-state index in [4.69, 9.17) is 4.74 Å². The SMILES string of the molecule is COc1cccc(/C(O)=C2/C(=O)C(=O)N(c3ccc(NC(C)=O)cc3)C2c2ccc(N(C)C)cc2)c1. The lowest BCUT2D eigenvalue weighted by atomic mass is 9.94. The van der Waals surface area contributed by atoms with Gasteiger partial charge < -0.3 is 20.1 Å². The van der Waals surface area contributed by atoms with Crippen molar-refractivity contribution in [3.63, 3.8) is 0 Å². The van der Waals surface area contributed by atoms with Crippen LogP contribution in [0.2, 0.25) is 0 Å². The van der Waals surface area contributed by atoms with Gasteiger partial charge in [-0.3, -0.25) is 19.3 Å². The number of nitrogens with zero attached hydrogens (tertiary/aromatic N) is 2. The molecule has 1 fully saturated rings. The van der Waals surface area contributed by atoms with E-state index in [-0.39, 0.29) is 17.2 Å². The van der Waals surface area contributed by atoms with Gasteiger partial charge in [0, 0.05) is 43.6 Å². The number of Topliss-reactive ketones (excluding diaryl/α,β-unsaturated/α-hetero) is 1. The lowest BCUT2D eigenvalue weighted by Gasteiger charge is -2.26. The Kier molecular flexibility index (Phi) is 6.78. The number of hydrogen-bond donors (Lipinski definition) is 2. The second-order valence-corrected chi connectivity index (χ2v) is 8.62. The second kappa shape index (κ2) is 9.95. The van der Waals surface area contributed by atoms with Gasteiger partial charge in [0.1, 0.15) is 11.5 Å². The molecule has 0 bridgehead atoms. The minimum absolute atomic E-state index is 0.0169. The van der Waals surface area contributed by atoms with Crippen molar-refractivity contribution in [1.82, 2.24) is 0 Å². The zero-order valence-corrected chi connectivity index (χ0v) is 20.5. The van der Waals surface area contributed by atoms with Crippen LogP contribution in [-0.2, 0) is 14.4 Å². The monoisotopic (exact) mass is 485 g/mol. The standard InChI is InChI=1S/C28H27N3O5/c1-17(32)29-20-10-14-22(15-11-20)31-25(18-8-12-21(13-9-18)30(2)3)24(27(34)28(31)35)26(33)19-6-5-7-23(16-19)36-4/h5-16,25,33H,1-4H3,(H,29,32)/b26-24-. The number of carbonyl (C=O) groups excluding carboxylic acids is 3. The molecule has 2 N–H and O–H groups in total. The minimum atomic E-state index is -0.862. The molecule has 4 rings (SSSR count). The van der Waals surface area contributed by atoms with E-state index in [1.54, 1.807) is 48.5 Å². The van der Waals surface area contributed by atoms with E-state index < -0.39 is 17.7 Å². The summed E-state index contributed by atoms with van der Waals surface area (Å²) in [5.41, 5.74) is 2.97. The number of nitrogens with one attached hydrogen (secondary N) is 1. The quantitative estimate of drug-likeness (QED) is 0.306. The number of aliphatic hydroxyl groups is 1. The Morgan fingerprint density at radius 3 is 2.25 bits per heavy atom. The van der Waals surface area contributed by atoms with Crippen molar-refractivity contribution in [3.05, 3.63) is 89.5 Å². The van der Waals surface area contributed by atoms with Crippen LogP contribution in [0.3, 0.4) is 0 Å². The maximum atomic E-state index is 13.3. The summed E-state index contributed by atoms with van der Waals surface area (Å²) in [5, 5.41) is 14.0. The molecule has 0 radical (unpaired) electrons. The van der Waals surface area contributed by atoms with Crippen LogP contribution in [0.1, 0.15) is 24.1 Å². The highest BCUT2D eigenvalue weighted by atomic mass is 16.5. The molecule has 3 aromatic carbocycles. The van der Waals surface area contributed by atoms with Crippen LogP contribution in [0, 0.1) is 0 Å². The highest BCUT2D eigenvalue weighted by Crippen LogP contribution is 2.43. The van der Waals surface area contributed by atoms with Crippen molar-refractivity contribution < 1.29 is 24.2 Å². The van der Waals surface area contributed by atoms with E-state index in [9.17, 15) is 19.5 Å². The largest absolute Gasteiger partial charge is 0.507 e. The van der Waals surface area contributed by atoms with Crippen molar-refractivity contribution in [2.45, 2.75) is 13.0 Å². The van der Waals surface area contributed by atoms with E-state index in [0.29, 0.717) is 28.3 Å². The highest BCUT2D eigenvalue weighted by Gasteiger charge is 2.47. The van der Waals surface area contributed by atoms with E-state index >= 15 is 0 Å². The van der Waals surface area contributed by atoms with Crippen LogP contribution in [0.4, 0.5) is 17.1 Å². The number of carbonyl (C=O) groups is 3. The zero-order valence-electron chi connectivity index (χ0n) is 20.5. The fraction of sp³-hybridized carbons (Fsp3) is 0.179. The van der Waals surface area contributed by atoms with Crippen molar-refractivity contribution in [1.29, 1.82) is 0 Å². The van der Waals surface area contributed by atoms with Crippen LogP contribution in [0.15, 0.2) is 78.4 Å². The minimum Gasteiger partial charge on any atom is -0.507 e.